The highest BCUT2D eigenvalue weighted by atomic mass is 16.1. The first-order valence-electron chi connectivity index (χ1n) is 8.19. The number of rotatable bonds is 3. The summed E-state index contributed by atoms with van der Waals surface area (Å²) in [5.41, 5.74) is 5.35. The lowest BCUT2D eigenvalue weighted by Crippen LogP contribution is -2.06. The van der Waals surface area contributed by atoms with Crippen LogP contribution < -0.4 is 5.56 Å². The van der Waals surface area contributed by atoms with Crippen LogP contribution in [0.1, 0.15) is 35.5 Å². The van der Waals surface area contributed by atoms with Gasteiger partial charge >= 0.3 is 0 Å². The fraction of sp³-hybridized carbons (Fsp3) is 0.211. The summed E-state index contributed by atoms with van der Waals surface area (Å²) < 4.78 is 2.20. The third kappa shape index (κ3) is 2.93. The number of nitrogens with one attached hydrogen (secondary N) is 1. The zero-order valence-electron chi connectivity index (χ0n) is 13.3. The second kappa shape index (κ2) is 6.28. The van der Waals surface area contributed by atoms with Crippen LogP contribution in [0.5, 0.6) is 0 Å². The lowest BCUT2D eigenvalue weighted by Gasteiger charge is -2.14. The number of hydrogen-bond acceptors (Lipinski definition) is 3. The predicted octanol–water partition coefficient (Wildman–Crippen LogP) is 3.00. The Labute approximate surface area is 139 Å². The number of imidazole rings is 1. The molecule has 3 aromatic rings. The summed E-state index contributed by atoms with van der Waals surface area (Å²) in [4.78, 5) is 15.5. The number of aromatic nitrogens is 4. The lowest BCUT2D eigenvalue weighted by molar-refractivity contribution is 0.656. The topological polar surface area (TPSA) is 63.6 Å². The van der Waals surface area contributed by atoms with Gasteiger partial charge in [0.15, 0.2) is 0 Å². The average Bonchev–Trinajstić information content (AvgIpc) is 3.06. The maximum Gasteiger partial charge on any atom is 0.264 e. The van der Waals surface area contributed by atoms with Crippen molar-refractivity contribution in [2.45, 2.75) is 25.7 Å². The number of benzene rings is 1. The summed E-state index contributed by atoms with van der Waals surface area (Å²) >= 11 is 0. The lowest BCUT2D eigenvalue weighted by atomic mass is 10.0. The van der Waals surface area contributed by atoms with E-state index in [4.69, 9.17) is 0 Å². The van der Waals surface area contributed by atoms with Gasteiger partial charge in [-0.2, -0.15) is 5.10 Å². The van der Waals surface area contributed by atoms with Gasteiger partial charge in [-0.05, 0) is 55.5 Å². The molecule has 2 aromatic heterocycles. The molecular weight excluding hydrogens is 300 g/mol. The van der Waals surface area contributed by atoms with Gasteiger partial charge in [-0.1, -0.05) is 18.2 Å². The maximum absolute atomic E-state index is 11.0. The van der Waals surface area contributed by atoms with Gasteiger partial charge in [-0.3, -0.25) is 4.79 Å². The molecule has 1 aromatic carbocycles. The molecule has 0 spiro atoms. The number of aryl methyl sites for hydroxylation is 1. The zero-order valence-corrected chi connectivity index (χ0v) is 13.3. The molecule has 0 saturated heterocycles. The molecule has 0 fully saturated rings. The first kappa shape index (κ1) is 14.6. The van der Waals surface area contributed by atoms with Gasteiger partial charge in [0.05, 0.1) is 17.7 Å². The summed E-state index contributed by atoms with van der Waals surface area (Å²) in [5, 5.41) is 6.39. The van der Waals surface area contributed by atoms with Gasteiger partial charge < -0.3 is 4.57 Å². The molecule has 1 aliphatic carbocycles. The number of nitrogens with zero attached hydrogens (tertiary/aromatic N) is 3. The van der Waals surface area contributed by atoms with E-state index in [9.17, 15) is 4.79 Å². The van der Waals surface area contributed by atoms with E-state index in [1.807, 2.05) is 18.5 Å². The van der Waals surface area contributed by atoms with E-state index < -0.39 is 0 Å². The van der Waals surface area contributed by atoms with Crippen molar-refractivity contribution in [3.8, 4) is 5.69 Å². The Morgan fingerprint density at radius 1 is 1.00 bits per heavy atom. The highest BCUT2D eigenvalue weighted by Gasteiger charge is 2.15. The van der Waals surface area contributed by atoms with Crippen LogP contribution >= 0.6 is 0 Å². The van der Waals surface area contributed by atoms with Crippen LogP contribution in [0.2, 0.25) is 0 Å². The monoisotopic (exact) mass is 318 g/mol. The van der Waals surface area contributed by atoms with Crippen molar-refractivity contribution in [1.29, 1.82) is 0 Å². The van der Waals surface area contributed by atoms with Crippen LogP contribution in [0.25, 0.3) is 17.8 Å². The Morgan fingerprint density at radius 2 is 1.83 bits per heavy atom. The van der Waals surface area contributed by atoms with Crippen LogP contribution in [0.4, 0.5) is 0 Å². The minimum atomic E-state index is -0.194. The minimum Gasteiger partial charge on any atom is -0.303 e. The molecule has 24 heavy (non-hydrogen) atoms. The molecular formula is C19H18N4O. The van der Waals surface area contributed by atoms with Crippen molar-refractivity contribution >= 4 is 12.2 Å². The van der Waals surface area contributed by atoms with Gasteiger partial charge in [0.25, 0.3) is 5.56 Å². The minimum absolute atomic E-state index is 0.194. The van der Waals surface area contributed by atoms with Crippen molar-refractivity contribution in [3.63, 3.8) is 0 Å². The summed E-state index contributed by atoms with van der Waals surface area (Å²) in [5.74, 6) is 0. The fourth-order valence-corrected chi connectivity index (χ4v) is 3.07. The quantitative estimate of drug-likeness (QED) is 0.807. The molecule has 5 heteroatoms. The summed E-state index contributed by atoms with van der Waals surface area (Å²) in [6.07, 6.45) is 10.5. The van der Waals surface area contributed by atoms with E-state index in [0.29, 0.717) is 0 Å². The molecule has 0 atom stereocenters. The Morgan fingerprint density at radius 3 is 2.62 bits per heavy atom. The first-order valence-corrected chi connectivity index (χ1v) is 8.19. The van der Waals surface area contributed by atoms with Gasteiger partial charge in [0.2, 0.25) is 0 Å². The smallest absolute Gasteiger partial charge is 0.264 e. The van der Waals surface area contributed by atoms with Gasteiger partial charge in [-0.15, -0.1) is 0 Å². The number of fused-ring (bicyclic) bond motifs is 1. The second-order valence-electron chi connectivity index (χ2n) is 5.99. The molecule has 2 heterocycles. The van der Waals surface area contributed by atoms with Crippen LogP contribution in [0.3, 0.4) is 0 Å². The van der Waals surface area contributed by atoms with E-state index in [1.165, 1.54) is 30.3 Å². The molecule has 4 rings (SSSR count). The van der Waals surface area contributed by atoms with Crippen LogP contribution in [0, 0.1) is 0 Å². The van der Waals surface area contributed by atoms with Crippen molar-refractivity contribution < 1.29 is 0 Å². The highest BCUT2D eigenvalue weighted by Crippen LogP contribution is 2.23. The molecule has 120 valence electrons. The zero-order chi connectivity index (χ0) is 16.4. The van der Waals surface area contributed by atoms with Crippen molar-refractivity contribution in [2.75, 3.05) is 0 Å². The molecule has 0 bridgehead atoms. The molecule has 0 saturated carbocycles. The van der Waals surface area contributed by atoms with Crippen LogP contribution in [0.15, 0.2) is 47.5 Å². The normalized spacial score (nSPS) is 14.0. The van der Waals surface area contributed by atoms with Crippen molar-refractivity contribution in [1.82, 2.24) is 19.7 Å². The Bertz CT molecular complexity index is 914. The fourth-order valence-electron chi connectivity index (χ4n) is 3.07. The predicted molar refractivity (Wildman–Crippen MR) is 94.0 cm³/mol. The Kier molecular flexibility index (Phi) is 3.83. The van der Waals surface area contributed by atoms with E-state index >= 15 is 0 Å². The van der Waals surface area contributed by atoms with Crippen LogP contribution in [-0.4, -0.2) is 19.7 Å². The second-order valence-corrected chi connectivity index (χ2v) is 5.99. The van der Waals surface area contributed by atoms with Gasteiger partial charge in [0.1, 0.15) is 0 Å². The molecule has 1 N–H and O–H groups in total. The Hall–Kier alpha value is -2.95. The molecule has 1 aliphatic rings. The third-order valence-corrected chi connectivity index (χ3v) is 4.35. The van der Waals surface area contributed by atoms with Crippen LogP contribution in [-0.2, 0) is 12.8 Å². The molecule has 0 radical (unpaired) electrons. The first-order chi connectivity index (χ1) is 11.8. The van der Waals surface area contributed by atoms with Gasteiger partial charge in [-0.25, -0.2) is 10.1 Å². The molecule has 5 nitrogen and oxygen atoms in total. The largest absolute Gasteiger partial charge is 0.303 e. The highest BCUT2D eigenvalue weighted by molar-refractivity contribution is 5.68. The van der Waals surface area contributed by atoms with E-state index in [1.54, 1.807) is 6.07 Å². The molecule has 0 unspecified atom stereocenters. The molecule has 0 aliphatic heterocycles. The SMILES string of the molecule is O=c1ccc(/C=C/c2ccc(-n3cnc4c3CCCC4)cc2)n[nH]1. The van der Waals surface area contributed by atoms with Gasteiger partial charge in [0, 0.05) is 17.4 Å². The Balaban J connectivity index is 1.55. The summed E-state index contributed by atoms with van der Waals surface area (Å²) in [7, 11) is 0. The summed E-state index contributed by atoms with van der Waals surface area (Å²) in [6.45, 7) is 0. The number of aromatic amines is 1. The van der Waals surface area contributed by atoms with Crippen molar-refractivity contribution in [2.24, 2.45) is 0 Å². The van der Waals surface area contributed by atoms with Crippen molar-refractivity contribution in [3.05, 3.63) is 75.7 Å². The standard InChI is InChI=1S/C19H18N4O/c24-19-12-9-15(21-22-19)8-5-14-6-10-16(11-7-14)23-13-20-17-3-1-2-4-18(17)23/h5-13H,1-4H2,(H,22,24)/b8-5+. The van der Waals surface area contributed by atoms with E-state index in [2.05, 4.69) is 44.0 Å². The van der Waals surface area contributed by atoms with E-state index in [-0.39, 0.29) is 5.56 Å². The van der Waals surface area contributed by atoms with E-state index in [0.717, 1.165) is 29.8 Å². The number of hydrogen-bond donors (Lipinski definition) is 1. The average molecular weight is 318 g/mol. The molecule has 0 amide bonds. The third-order valence-electron chi connectivity index (χ3n) is 4.35. The number of H-pyrrole nitrogens is 1. The maximum atomic E-state index is 11.0. The summed E-state index contributed by atoms with van der Waals surface area (Å²) in [6, 6.07) is 11.5.